The van der Waals surface area contributed by atoms with Crippen molar-refractivity contribution in [3.05, 3.63) is 46.0 Å². The van der Waals surface area contributed by atoms with E-state index in [1.54, 1.807) is 18.2 Å². The Balaban J connectivity index is 1.61. The zero-order valence-corrected chi connectivity index (χ0v) is 16.9. The number of nitrogens with one attached hydrogen (secondary N) is 1. The third kappa shape index (κ3) is 2.90. The molecular weight excluding hydrogens is 376 g/mol. The van der Waals surface area contributed by atoms with Gasteiger partial charge in [0.05, 0.1) is 21.7 Å². The molecule has 0 spiro atoms. The van der Waals surface area contributed by atoms with Crippen molar-refractivity contribution in [3.63, 3.8) is 0 Å². The van der Waals surface area contributed by atoms with Crippen molar-refractivity contribution in [2.75, 3.05) is 12.4 Å². The molecule has 1 aliphatic rings. The van der Waals surface area contributed by atoms with Crippen LogP contribution in [0.25, 0.3) is 10.2 Å². The molecule has 0 radical (unpaired) electrons. The van der Waals surface area contributed by atoms with Crippen LogP contribution < -0.4 is 5.32 Å². The Bertz CT molecular complexity index is 1140. The molecule has 2 aromatic heterocycles. The lowest BCUT2D eigenvalue weighted by Gasteiger charge is -2.06. The van der Waals surface area contributed by atoms with Crippen molar-refractivity contribution >= 4 is 45.0 Å². The topological polar surface area (TPSA) is 84.3 Å². The Morgan fingerprint density at radius 1 is 1.18 bits per heavy atom. The molecule has 3 heterocycles. The number of anilines is 1. The summed E-state index contributed by atoms with van der Waals surface area (Å²) in [6.07, 6.45) is 0. The van der Waals surface area contributed by atoms with E-state index in [0.29, 0.717) is 27.6 Å². The molecule has 1 aliphatic heterocycles. The Hall–Kier alpha value is -3.00. The van der Waals surface area contributed by atoms with E-state index in [2.05, 4.69) is 24.3 Å². The number of aryl methyl sites for hydroxylation is 1. The van der Waals surface area contributed by atoms with E-state index < -0.39 is 0 Å². The first kappa shape index (κ1) is 18.4. The standard InChI is InChI=1S/C20H20N4O3S/c1-10(2)9-24-20-14(11(3)22-24)8-16(28-20)17(25)21-12-5-6-13-15(7-12)19(27)23(4)18(13)26/h5-8,10H,9H2,1-4H3,(H,21,25). The molecule has 1 aromatic carbocycles. The molecule has 0 atom stereocenters. The van der Waals surface area contributed by atoms with E-state index in [0.717, 1.165) is 27.4 Å². The van der Waals surface area contributed by atoms with Gasteiger partial charge in [-0.2, -0.15) is 5.10 Å². The lowest BCUT2D eigenvalue weighted by atomic mass is 10.1. The second-order valence-electron chi connectivity index (χ2n) is 7.37. The van der Waals surface area contributed by atoms with Crippen LogP contribution in [0, 0.1) is 12.8 Å². The first-order valence-electron chi connectivity index (χ1n) is 9.01. The van der Waals surface area contributed by atoms with Crippen molar-refractivity contribution in [2.45, 2.75) is 27.3 Å². The van der Waals surface area contributed by atoms with E-state index in [9.17, 15) is 14.4 Å². The number of thiophene rings is 1. The van der Waals surface area contributed by atoms with Gasteiger partial charge in [-0.3, -0.25) is 24.0 Å². The fourth-order valence-corrected chi connectivity index (χ4v) is 4.39. The van der Waals surface area contributed by atoms with Crippen molar-refractivity contribution in [3.8, 4) is 0 Å². The molecule has 0 aliphatic carbocycles. The normalized spacial score (nSPS) is 13.7. The zero-order valence-electron chi connectivity index (χ0n) is 16.1. The van der Waals surface area contributed by atoms with Gasteiger partial charge in [0.2, 0.25) is 0 Å². The molecule has 144 valence electrons. The average molecular weight is 396 g/mol. The minimum Gasteiger partial charge on any atom is -0.321 e. The number of carbonyl (C=O) groups excluding carboxylic acids is 3. The highest BCUT2D eigenvalue weighted by Crippen LogP contribution is 2.30. The molecule has 28 heavy (non-hydrogen) atoms. The summed E-state index contributed by atoms with van der Waals surface area (Å²) in [6, 6.07) is 6.62. The first-order chi connectivity index (χ1) is 13.3. The number of carbonyl (C=O) groups is 3. The maximum Gasteiger partial charge on any atom is 0.265 e. The second-order valence-corrected chi connectivity index (χ2v) is 8.41. The number of fused-ring (bicyclic) bond motifs is 2. The number of nitrogens with zero attached hydrogens (tertiary/aromatic N) is 3. The monoisotopic (exact) mass is 396 g/mol. The molecule has 8 heteroatoms. The quantitative estimate of drug-likeness (QED) is 0.684. The molecule has 0 fully saturated rings. The summed E-state index contributed by atoms with van der Waals surface area (Å²) in [4.78, 5) is 39.5. The fraction of sp³-hybridized carbons (Fsp3) is 0.300. The fourth-order valence-electron chi connectivity index (χ4n) is 3.33. The predicted molar refractivity (Wildman–Crippen MR) is 108 cm³/mol. The molecule has 0 saturated carbocycles. The van der Waals surface area contributed by atoms with Gasteiger partial charge in [-0.25, -0.2) is 0 Å². The molecule has 0 bridgehead atoms. The summed E-state index contributed by atoms with van der Waals surface area (Å²) in [5.74, 6) is -0.483. The molecule has 4 rings (SSSR count). The van der Waals surface area contributed by atoms with Crippen LogP contribution in [-0.2, 0) is 6.54 Å². The smallest absolute Gasteiger partial charge is 0.265 e. The number of amides is 3. The van der Waals surface area contributed by atoms with Gasteiger partial charge in [-0.05, 0) is 37.1 Å². The number of aromatic nitrogens is 2. The minimum atomic E-state index is -0.359. The number of imide groups is 1. The van der Waals surface area contributed by atoms with Crippen LogP contribution in [0.3, 0.4) is 0 Å². The van der Waals surface area contributed by atoms with Crippen molar-refractivity contribution in [1.82, 2.24) is 14.7 Å². The summed E-state index contributed by atoms with van der Waals surface area (Å²) in [6.45, 7) is 6.98. The summed E-state index contributed by atoms with van der Waals surface area (Å²) >= 11 is 1.40. The second kappa shape index (κ2) is 6.56. The molecular formula is C20H20N4O3S. The lowest BCUT2D eigenvalue weighted by molar-refractivity contribution is 0.0692. The predicted octanol–water partition coefficient (Wildman–Crippen LogP) is 3.54. The third-order valence-electron chi connectivity index (χ3n) is 4.72. The van der Waals surface area contributed by atoms with Crippen LogP contribution in [-0.4, -0.2) is 39.4 Å². The van der Waals surface area contributed by atoms with Gasteiger partial charge in [0.15, 0.2) is 0 Å². The Morgan fingerprint density at radius 2 is 1.89 bits per heavy atom. The highest BCUT2D eigenvalue weighted by Gasteiger charge is 2.32. The van der Waals surface area contributed by atoms with Gasteiger partial charge in [0.25, 0.3) is 17.7 Å². The molecule has 1 N–H and O–H groups in total. The number of hydrogen-bond acceptors (Lipinski definition) is 5. The molecule has 0 saturated heterocycles. The largest absolute Gasteiger partial charge is 0.321 e. The highest BCUT2D eigenvalue weighted by atomic mass is 32.1. The van der Waals surface area contributed by atoms with E-state index in [1.807, 2.05) is 17.7 Å². The van der Waals surface area contributed by atoms with Crippen molar-refractivity contribution in [1.29, 1.82) is 0 Å². The molecule has 7 nitrogen and oxygen atoms in total. The minimum absolute atomic E-state index is 0.248. The maximum atomic E-state index is 12.7. The zero-order chi connectivity index (χ0) is 20.2. The van der Waals surface area contributed by atoms with Crippen LogP contribution in [0.15, 0.2) is 24.3 Å². The number of hydrogen-bond donors (Lipinski definition) is 1. The summed E-state index contributed by atoms with van der Waals surface area (Å²) in [5.41, 5.74) is 2.05. The first-order valence-corrected chi connectivity index (χ1v) is 9.82. The van der Waals surface area contributed by atoms with Crippen LogP contribution in [0.4, 0.5) is 5.69 Å². The van der Waals surface area contributed by atoms with E-state index in [4.69, 9.17) is 0 Å². The Labute approximate surface area is 165 Å². The molecule has 0 unspecified atom stereocenters. The number of benzene rings is 1. The van der Waals surface area contributed by atoms with Gasteiger partial charge < -0.3 is 5.32 Å². The van der Waals surface area contributed by atoms with Gasteiger partial charge in [0, 0.05) is 24.7 Å². The van der Waals surface area contributed by atoms with Crippen molar-refractivity contribution in [2.24, 2.45) is 5.92 Å². The summed E-state index contributed by atoms with van der Waals surface area (Å²) < 4.78 is 1.95. The summed E-state index contributed by atoms with van der Waals surface area (Å²) in [5, 5.41) is 8.36. The van der Waals surface area contributed by atoms with E-state index in [1.165, 1.54) is 18.4 Å². The maximum absolute atomic E-state index is 12.7. The van der Waals surface area contributed by atoms with Crippen LogP contribution in [0.5, 0.6) is 0 Å². The molecule has 3 aromatic rings. The number of rotatable bonds is 4. The van der Waals surface area contributed by atoms with E-state index in [-0.39, 0.29) is 17.7 Å². The Kier molecular flexibility index (Phi) is 4.30. The average Bonchev–Trinajstić information content (AvgIpc) is 3.26. The Morgan fingerprint density at radius 3 is 2.61 bits per heavy atom. The van der Waals surface area contributed by atoms with Crippen LogP contribution in [0.1, 0.15) is 49.9 Å². The van der Waals surface area contributed by atoms with Crippen LogP contribution in [0.2, 0.25) is 0 Å². The van der Waals surface area contributed by atoms with Gasteiger partial charge in [-0.15, -0.1) is 11.3 Å². The van der Waals surface area contributed by atoms with Gasteiger partial charge in [-0.1, -0.05) is 13.8 Å². The third-order valence-corrected chi connectivity index (χ3v) is 5.86. The highest BCUT2D eigenvalue weighted by molar-refractivity contribution is 7.20. The molecule has 3 amide bonds. The van der Waals surface area contributed by atoms with Crippen molar-refractivity contribution < 1.29 is 14.4 Å². The van der Waals surface area contributed by atoms with E-state index >= 15 is 0 Å². The van der Waals surface area contributed by atoms with Crippen LogP contribution >= 0.6 is 11.3 Å². The lowest BCUT2D eigenvalue weighted by Crippen LogP contribution is -2.24. The van der Waals surface area contributed by atoms with Gasteiger partial charge in [0.1, 0.15) is 4.83 Å². The SMILES string of the molecule is Cc1nn(CC(C)C)c2sc(C(=O)Nc3ccc4c(c3)C(=O)N(C)C4=O)cc12. The van der Waals surface area contributed by atoms with Gasteiger partial charge >= 0.3 is 0 Å². The summed E-state index contributed by atoms with van der Waals surface area (Å²) in [7, 11) is 1.45.